The number of amides is 1. The number of thioether (sulfide) groups is 1. The van der Waals surface area contributed by atoms with Crippen LogP contribution < -0.4 is 5.32 Å². The molecule has 6 heteroatoms. The Labute approximate surface area is 128 Å². The van der Waals surface area contributed by atoms with Gasteiger partial charge in [0.25, 0.3) is 0 Å². The molecule has 1 heterocycles. The van der Waals surface area contributed by atoms with Crippen molar-refractivity contribution >= 4 is 17.7 Å². The lowest BCUT2D eigenvalue weighted by Crippen LogP contribution is -2.33. The van der Waals surface area contributed by atoms with Gasteiger partial charge >= 0.3 is 0 Å². The first-order chi connectivity index (χ1) is 10.2. The number of rotatable bonds is 7. The zero-order chi connectivity index (χ0) is 15.1. The van der Waals surface area contributed by atoms with Crippen molar-refractivity contribution in [1.82, 2.24) is 20.5 Å². The van der Waals surface area contributed by atoms with E-state index < -0.39 is 0 Å². The van der Waals surface area contributed by atoms with E-state index in [9.17, 15) is 4.79 Å². The molecule has 1 aromatic carbocycles. The fourth-order valence-corrected chi connectivity index (χ4v) is 2.60. The monoisotopic (exact) mass is 304 g/mol. The molecule has 1 aromatic heterocycles. The van der Waals surface area contributed by atoms with E-state index in [1.807, 2.05) is 37.3 Å². The summed E-state index contributed by atoms with van der Waals surface area (Å²) in [5.41, 5.74) is 0.984. The van der Waals surface area contributed by atoms with Crippen LogP contribution in [-0.4, -0.2) is 32.9 Å². The van der Waals surface area contributed by atoms with Gasteiger partial charge in [0.05, 0.1) is 5.75 Å². The fraction of sp³-hybridized carbons (Fsp3) is 0.400. The maximum atomic E-state index is 11.8. The third kappa shape index (κ3) is 4.90. The van der Waals surface area contributed by atoms with E-state index in [4.69, 9.17) is 0 Å². The standard InChI is InChI=1S/C15H20N4OS/c1-3-7-11(2)16-13(20)10-21-15-17-14(18-19-15)12-8-5-4-6-9-12/h4-6,8-9,11H,3,7,10H2,1-2H3,(H,16,20)(H,17,18,19)/t11-/m1/s1. The van der Waals surface area contributed by atoms with Crippen LogP contribution >= 0.6 is 11.8 Å². The van der Waals surface area contributed by atoms with Gasteiger partial charge in [-0.15, -0.1) is 5.10 Å². The van der Waals surface area contributed by atoms with Crippen molar-refractivity contribution in [3.05, 3.63) is 30.3 Å². The Hall–Kier alpha value is -1.82. The van der Waals surface area contributed by atoms with Crippen LogP contribution in [0.5, 0.6) is 0 Å². The van der Waals surface area contributed by atoms with Crippen LogP contribution in [-0.2, 0) is 4.79 Å². The van der Waals surface area contributed by atoms with Crippen LogP contribution in [0.15, 0.2) is 35.5 Å². The van der Waals surface area contributed by atoms with Gasteiger partial charge in [-0.1, -0.05) is 55.4 Å². The summed E-state index contributed by atoms with van der Waals surface area (Å²) in [4.78, 5) is 16.2. The highest BCUT2D eigenvalue weighted by molar-refractivity contribution is 7.99. The van der Waals surface area contributed by atoms with Gasteiger partial charge in [0.2, 0.25) is 11.1 Å². The molecule has 2 rings (SSSR count). The third-order valence-electron chi connectivity index (χ3n) is 2.97. The van der Waals surface area contributed by atoms with Crippen LogP contribution in [0.3, 0.4) is 0 Å². The summed E-state index contributed by atoms with van der Waals surface area (Å²) in [6.45, 7) is 4.13. The quantitative estimate of drug-likeness (QED) is 0.772. The molecular formula is C15H20N4OS. The molecule has 1 amide bonds. The second kappa shape index (κ2) is 7.83. The Bertz CT molecular complexity index is 570. The molecule has 0 spiro atoms. The molecule has 112 valence electrons. The maximum absolute atomic E-state index is 11.8. The number of H-pyrrole nitrogens is 1. The average Bonchev–Trinajstić information content (AvgIpc) is 2.95. The first-order valence-corrected chi connectivity index (χ1v) is 8.07. The van der Waals surface area contributed by atoms with Crippen LogP contribution in [0.1, 0.15) is 26.7 Å². The Kier molecular flexibility index (Phi) is 5.80. The number of aromatic nitrogens is 3. The lowest BCUT2D eigenvalue weighted by atomic mass is 10.2. The van der Waals surface area contributed by atoms with E-state index >= 15 is 0 Å². The molecule has 5 nitrogen and oxygen atoms in total. The van der Waals surface area contributed by atoms with E-state index in [1.165, 1.54) is 11.8 Å². The summed E-state index contributed by atoms with van der Waals surface area (Å²) in [6, 6.07) is 10.0. The number of nitrogens with one attached hydrogen (secondary N) is 2. The topological polar surface area (TPSA) is 70.7 Å². The molecule has 2 aromatic rings. The fourth-order valence-electron chi connectivity index (χ4n) is 1.99. The molecule has 0 bridgehead atoms. The summed E-state index contributed by atoms with van der Waals surface area (Å²) in [5, 5.41) is 10.6. The summed E-state index contributed by atoms with van der Waals surface area (Å²) < 4.78 is 0. The number of nitrogens with zero attached hydrogens (tertiary/aromatic N) is 2. The minimum Gasteiger partial charge on any atom is -0.353 e. The van der Waals surface area contributed by atoms with Gasteiger partial charge in [0, 0.05) is 11.6 Å². The van der Waals surface area contributed by atoms with Crippen molar-refractivity contribution in [1.29, 1.82) is 0 Å². The Morgan fingerprint density at radius 3 is 2.86 bits per heavy atom. The Balaban J connectivity index is 1.84. The van der Waals surface area contributed by atoms with Crippen LogP contribution in [0, 0.1) is 0 Å². The molecule has 0 saturated heterocycles. The SMILES string of the molecule is CCC[C@@H](C)NC(=O)CSc1n[nH]c(-c2ccccc2)n1. The second-order valence-corrected chi connectivity index (χ2v) is 5.82. The first kappa shape index (κ1) is 15.6. The van der Waals surface area contributed by atoms with E-state index in [-0.39, 0.29) is 11.9 Å². The summed E-state index contributed by atoms with van der Waals surface area (Å²) in [6.07, 6.45) is 2.06. The van der Waals surface area contributed by atoms with Gasteiger partial charge in [-0.3, -0.25) is 9.89 Å². The van der Waals surface area contributed by atoms with Crippen LogP contribution in [0.25, 0.3) is 11.4 Å². The highest BCUT2D eigenvalue weighted by atomic mass is 32.2. The van der Waals surface area contributed by atoms with Gasteiger partial charge in [-0.2, -0.15) is 0 Å². The molecular weight excluding hydrogens is 284 g/mol. The van der Waals surface area contributed by atoms with Crippen molar-refractivity contribution < 1.29 is 4.79 Å². The number of benzene rings is 1. The molecule has 0 aliphatic heterocycles. The third-order valence-corrected chi connectivity index (χ3v) is 3.82. The van der Waals surface area contributed by atoms with Gasteiger partial charge < -0.3 is 5.32 Å². The highest BCUT2D eigenvalue weighted by Gasteiger charge is 2.10. The normalized spacial score (nSPS) is 12.1. The molecule has 0 saturated carbocycles. The summed E-state index contributed by atoms with van der Waals surface area (Å²) in [5.74, 6) is 1.07. The van der Waals surface area contributed by atoms with Crippen molar-refractivity contribution in [2.75, 3.05) is 5.75 Å². The van der Waals surface area contributed by atoms with Crippen molar-refractivity contribution in [3.63, 3.8) is 0 Å². The molecule has 0 aliphatic rings. The van der Waals surface area contributed by atoms with Gasteiger partial charge in [0.1, 0.15) is 0 Å². The molecule has 0 aliphatic carbocycles. The van der Waals surface area contributed by atoms with Crippen molar-refractivity contribution in [2.24, 2.45) is 0 Å². The van der Waals surface area contributed by atoms with Crippen molar-refractivity contribution in [2.45, 2.75) is 37.9 Å². The van der Waals surface area contributed by atoms with E-state index in [1.54, 1.807) is 0 Å². The summed E-state index contributed by atoms with van der Waals surface area (Å²) in [7, 11) is 0. The molecule has 0 radical (unpaired) electrons. The second-order valence-electron chi connectivity index (χ2n) is 4.88. The minimum atomic E-state index is 0.0204. The van der Waals surface area contributed by atoms with Crippen LogP contribution in [0.4, 0.5) is 0 Å². The number of carbonyl (C=O) groups excluding carboxylic acids is 1. The molecule has 1 atom stereocenters. The maximum Gasteiger partial charge on any atom is 0.230 e. The molecule has 0 fully saturated rings. The molecule has 21 heavy (non-hydrogen) atoms. The highest BCUT2D eigenvalue weighted by Crippen LogP contribution is 2.18. The Morgan fingerprint density at radius 2 is 2.14 bits per heavy atom. The largest absolute Gasteiger partial charge is 0.353 e. The average molecular weight is 304 g/mol. The zero-order valence-corrected chi connectivity index (χ0v) is 13.1. The first-order valence-electron chi connectivity index (χ1n) is 7.09. The predicted molar refractivity (Wildman–Crippen MR) is 85.1 cm³/mol. The van der Waals surface area contributed by atoms with Crippen LogP contribution in [0.2, 0.25) is 0 Å². The number of carbonyl (C=O) groups is 1. The molecule has 2 N–H and O–H groups in total. The minimum absolute atomic E-state index is 0.0204. The number of hydrogen-bond acceptors (Lipinski definition) is 4. The number of aromatic amines is 1. The predicted octanol–water partition coefficient (Wildman–Crippen LogP) is 2.87. The zero-order valence-electron chi connectivity index (χ0n) is 12.3. The van der Waals surface area contributed by atoms with E-state index in [2.05, 4.69) is 27.4 Å². The van der Waals surface area contributed by atoms with Gasteiger partial charge in [-0.05, 0) is 13.3 Å². The smallest absolute Gasteiger partial charge is 0.230 e. The molecule has 0 unspecified atom stereocenters. The number of hydrogen-bond donors (Lipinski definition) is 2. The Morgan fingerprint density at radius 1 is 1.38 bits per heavy atom. The van der Waals surface area contributed by atoms with Crippen molar-refractivity contribution in [3.8, 4) is 11.4 Å². The summed E-state index contributed by atoms with van der Waals surface area (Å²) >= 11 is 1.34. The van der Waals surface area contributed by atoms with Gasteiger partial charge in [-0.25, -0.2) is 4.98 Å². The van der Waals surface area contributed by atoms with Gasteiger partial charge in [0.15, 0.2) is 5.82 Å². The van der Waals surface area contributed by atoms with E-state index in [0.29, 0.717) is 10.9 Å². The lowest BCUT2D eigenvalue weighted by Gasteiger charge is -2.11. The lowest BCUT2D eigenvalue weighted by molar-refractivity contribution is -0.119. The van der Waals surface area contributed by atoms with E-state index in [0.717, 1.165) is 24.2 Å².